The molecule has 3 aromatic carbocycles. The van der Waals surface area contributed by atoms with Crippen LogP contribution >= 0.6 is 43.2 Å². The van der Waals surface area contributed by atoms with Crippen molar-refractivity contribution in [3.05, 3.63) is 123 Å². The number of ether oxygens (including phenoxy) is 3. The number of esters is 1. The smallest absolute Gasteiger partial charge is 0.338 e. The molecule has 1 atom stereocenters. The Morgan fingerprint density at radius 2 is 1.81 bits per heavy atom. The monoisotopic (exact) mass is 721 g/mol. The Bertz CT molecular complexity index is 1970. The van der Waals surface area contributed by atoms with Crippen molar-refractivity contribution in [1.82, 2.24) is 4.57 Å². The normalized spacial score (nSPS) is 14.5. The maximum absolute atomic E-state index is 13.9. The zero-order valence-corrected chi connectivity index (χ0v) is 27.4. The molecule has 1 aromatic heterocycles. The molecule has 0 aliphatic carbocycles. The van der Waals surface area contributed by atoms with Crippen LogP contribution in [0.4, 0.5) is 0 Å². The van der Waals surface area contributed by atoms with Crippen molar-refractivity contribution in [1.29, 1.82) is 5.26 Å². The second kappa shape index (κ2) is 13.1. The SMILES string of the molecule is CCOC(=O)C1=C(C)N=c2s/c(=C/c3ccc(OCc4ccc(C#N)cc4)c(Br)c3)c(=O)n2[C@H]1c1ccc(OC)c(Br)c1. The van der Waals surface area contributed by atoms with Gasteiger partial charge in [0.25, 0.3) is 5.56 Å². The maximum Gasteiger partial charge on any atom is 0.338 e. The van der Waals surface area contributed by atoms with Gasteiger partial charge in [0.1, 0.15) is 18.1 Å². The van der Waals surface area contributed by atoms with Gasteiger partial charge in [-0.2, -0.15) is 5.26 Å². The zero-order valence-electron chi connectivity index (χ0n) is 23.4. The van der Waals surface area contributed by atoms with Crippen LogP contribution in [0.2, 0.25) is 0 Å². The summed E-state index contributed by atoms with van der Waals surface area (Å²) in [6, 6.07) is 19.6. The second-order valence-electron chi connectivity index (χ2n) is 9.48. The second-order valence-corrected chi connectivity index (χ2v) is 12.2. The lowest BCUT2D eigenvalue weighted by molar-refractivity contribution is -0.139. The number of allylic oxidation sites excluding steroid dienone is 1. The molecule has 0 amide bonds. The van der Waals surface area contributed by atoms with E-state index in [9.17, 15) is 9.59 Å². The fourth-order valence-electron chi connectivity index (χ4n) is 4.67. The molecule has 0 spiro atoms. The number of carbonyl (C=O) groups excluding carboxylic acids is 1. The largest absolute Gasteiger partial charge is 0.496 e. The summed E-state index contributed by atoms with van der Waals surface area (Å²) in [6.07, 6.45) is 1.80. The Labute approximate surface area is 268 Å². The summed E-state index contributed by atoms with van der Waals surface area (Å²) in [6.45, 7) is 4.03. The fourth-order valence-corrected chi connectivity index (χ4v) is 6.79. The lowest BCUT2D eigenvalue weighted by atomic mass is 9.96. The van der Waals surface area contributed by atoms with E-state index in [-0.39, 0.29) is 12.2 Å². The number of methoxy groups -OCH3 is 1. The van der Waals surface area contributed by atoms with Crippen molar-refractivity contribution in [2.24, 2.45) is 4.99 Å². The zero-order chi connectivity index (χ0) is 30.7. The molecule has 1 aliphatic rings. The molecule has 43 heavy (non-hydrogen) atoms. The minimum Gasteiger partial charge on any atom is -0.496 e. The van der Waals surface area contributed by atoms with Crippen LogP contribution in [0.25, 0.3) is 6.08 Å². The summed E-state index contributed by atoms with van der Waals surface area (Å²) in [4.78, 5) is 32.2. The van der Waals surface area contributed by atoms with E-state index >= 15 is 0 Å². The minimum absolute atomic E-state index is 0.196. The van der Waals surface area contributed by atoms with Gasteiger partial charge >= 0.3 is 5.97 Å². The predicted molar refractivity (Wildman–Crippen MR) is 171 cm³/mol. The summed E-state index contributed by atoms with van der Waals surface area (Å²) >= 11 is 8.36. The molecule has 5 rings (SSSR count). The molecule has 0 saturated carbocycles. The van der Waals surface area contributed by atoms with Gasteiger partial charge in [-0.3, -0.25) is 9.36 Å². The molecule has 0 bridgehead atoms. The molecular formula is C32H25Br2N3O5S. The first-order chi connectivity index (χ1) is 20.7. The molecule has 0 saturated heterocycles. The van der Waals surface area contributed by atoms with Crippen LogP contribution < -0.4 is 24.4 Å². The lowest BCUT2D eigenvalue weighted by Gasteiger charge is -2.25. The van der Waals surface area contributed by atoms with Crippen molar-refractivity contribution in [2.45, 2.75) is 26.5 Å². The van der Waals surface area contributed by atoms with Gasteiger partial charge in [0, 0.05) is 0 Å². The van der Waals surface area contributed by atoms with Crippen LogP contribution in [-0.4, -0.2) is 24.3 Å². The molecule has 2 heterocycles. The average molecular weight is 723 g/mol. The number of nitrogens with zero attached hydrogens (tertiary/aromatic N) is 3. The van der Waals surface area contributed by atoms with Gasteiger partial charge in [-0.05, 0) is 105 Å². The van der Waals surface area contributed by atoms with Crippen LogP contribution in [0, 0.1) is 11.3 Å². The van der Waals surface area contributed by atoms with E-state index in [1.54, 1.807) is 49.8 Å². The van der Waals surface area contributed by atoms with E-state index in [2.05, 4.69) is 42.9 Å². The van der Waals surface area contributed by atoms with Crippen LogP contribution in [0.3, 0.4) is 0 Å². The van der Waals surface area contributed by atoms with Gasteiger partial charge < -0.3 is 14.2 Å². The number of fused-ring (bicyclic) bond motifs is 1. The fraction of sp³-hybridized carbons (Fsp3) is 0.188. The van der Waals surface area contributed by atoms with E-state index in [4.69, 9.17) is 19.5 Å². The van der Waals surface area contributed by atoms with Crippen molar-refractivity contribution in [3.63, 3.8) is 0 Å². The lowest BCUT2D eigenvalue weighted by Crippen LogP contribution is -2.39. The average Bonchev–Trinajstić information content (AvgIpc) is 3.30. The Kier molecular flexibility index (Phi) is 9.30. The Hall–Kier alpha value is -3.98. The third-order valence-corrected chi connectivity index (χ3v) is 8.96. The Balaban J connectivity index is 1.52. The Morgan fingerprint density at radius 1 is 1.09 bits per heavy atom. The summed E-state index contributed by atoms with van der Waals surface area (Å²) in [5.74, 6) is 0.753. The molecule has 0 N–H and O–H groups in total. The van der Waals surface area contributed by atoms with Crippen molar-refractivity contribution in [2.75, 3.05) is 13.7 Å². The summed E-state index contributed by atoms with van der Waals surface area (Å²) in [5.41, 5.74) is 3.56. The van der Waals surface area contributed by atoms with E-state index < -0.39 is 12.0 Å². The topological polar surface area (TPSA) is 103 Å². The quantitative estimate of drug-likeness (QED) is 0.214. The highest BCUT2D eigenvalue weighted by Gasteiger charge is 2.33. The van der Waals surface area contributed by atoms with Crippen LogP contribution in [0.5, 0.6) is 11.5 Å². The van der Waals surface area contributed by atoms with Gasteiger partial charge in [0.2, 0.25) is 0 Å². The first kappa shape index (κ1) is 30.5. The van der Waals surface area contributed by atoms with E-state index in [1.807, 2.05) is 42.5 Å². The van der Waals surface area contributed by atoms with Gasteiger partial charge in [-0.1, -0.05) is 35.6 Å². The minimum atomic E-state index is -0.732. The van der Waals surface area contributed by atoms with Crippen LogP contribution in [0.15, 0.2) is 90.7 Å². The molecule has 1 aliphatic heterocycles. The number of thiazole rings is 1. The highest BCUT2D eigenvalue weighted by Crippen LogP contribution is 2.35. The third-order valence-electron chi connectivity index (χ3n) is 6.74. The van der Waals surface area contributed by atoms with Gasteiger partial charge in [0.15, 0.2) is 4.80 Å². The number of hydrogen-bond donors (Lipinski definition) is 0. The number of hydrogen-bond acceptors (Lipinski definition) is 8. The highest BCUT2D eigenvalue weighted by atomic mass is 79.9. The van der Waals surface area contributed by atoms with Gasteiger partial charge in [-0.15, -0.1) is 0 Å². The van der Waals surface area contributed by atoms with E-state index in [0.717, 1.165) is 15.6 Å². The summed E-state index contributed by atoms with van der Waals surface area (Å²) in [7, 11) is 1.57. The first-order valence-electron chi connectivity index (χ1n) is 13.2. The number of benzene rings is 3. The first-order valence-corrected chi connectivity index (χ1v) is 15.6. The standard InChI is InChI=1S/C32H25Br2N3O5S/c1-4-41-31(39)28-18(2)36-32-37(29(28)22-10-12-25(40-3)24(34)15-22)30(38)27(43-32)14-21-9-11-26(23(33)13-21)42-17-20-7-5-19(16-35)6-8-20/h5-15,29H,4,17H2,1-3H3/b27-14+/t29-/m0/s1. The highest BCUT2D eigenvalue weighted by molar-refractivity contribution is 9.10. The van der Waals surface area contributed by atoms with Gasteiger partial charge in [0.05, 0.1) is 56.1 Å². The Morgan fingerprint density at radius 3 is 2.47 bits per heavy atom. The number of rotatable bonds is 8. The van der Waals surface area contributed by atoms with Crippen molar-refractivity contribution in [3.8, 4) is 17.6 Å². The number of halogens is 2. The maximum atomic E-state index is 13.9. The van der Waals surface area contributed by atoms with Gasteiger partial charge in [-0.25, -0.2) is 9.79 Å². The molecule has 8 nitrogen and oxygen atoms in total. The molecule has 0 fully saturated rings. The van der Waals surface area contributed by atoms with E-state index in [0.29, 0.717) is 54.3 Å². The van der Waals surface area contributed by atoms with Crippen molar-refractivity contribution >= 4 is 55.2 Å². The summed E-state index contributed by atoms with van der Waals surface area (Å²) in [5, 5.41) is 8.98. The third kappa shape index (κ3) is 6.37. The molecular weight excluding hydrogens is 698 g/mol. The molecule has 0 radical (unpaired) electrons. The number of aromatic nitrogens is 1. The van der Waals surface area contributed by atoms with Crippen molar-refractivity contribution < 1.29 is 19.0 Å². The number of carbonyl (C=O) groups is 1. The number of nitriles is 1. The predicted octanol–water partition coefficient (Wildman–Crippen LogP) is 5.78. The molecule has 11 heteroatoms. The molecule has 4 aromatic rings. The van der Waals surface area contributed by atoms with Crippen LogP contribution in [-0.2, 0) is 16.1 Å². The molecule has 218 valence electrons. The van der Waals surface area contributed by atoms with E-state index in [1.165, 1.54) is 11.3 Å². The molecule has 0 unspecified atom stereocenters. The van der Waals surface area contributed by atoms with Crippen LogP contribution in [0.1, 0.15) is 42.1 Å². The summed E-state index contributed by atoms with van der Waals surface area (Å²) < 4.78 is 20.2.